The van der Waals surface area contributed by atoms with E-state index >= 15 is 0 Å². The average molecular weight is 450 g/mol. The minimum atomic E-state index is -0.313. The van der Waals surface area contributed by atoms with Crippen LogP contribution in [0.25, 0.3) is 11.1 Å². The van der Waals surface area contributed by atoms with Crippen molar-refractivity contribution >= 4 is 11.8 Å². The van der Waals surface area contributed by atoms with Crippen LogP contribution >= 0.6 is 0 Å². The zero-order valence-electron chi connectivity index (χ0n) is 19.1. The maximum absolute atomic E-state index is 12.7. The standard InChI is InChI=1S/C26H31N3O4/c1-28-11-13-32-24-15-19(3-5-22(24)28)18-2-4-20-21(8-12-31-23(20)14-18)27-26(30)33-25-16-29-9-6-17(25)7-10-29/h2-5,14-15,17,21,25H,6-13,16H2,1H3,(H,27,30)/t21?,25-/m1/s1. The van der Waals surface area contributed by atoms with E-state index in [2.05, 4.69) is 58.6 Å². The summed E-state index contributed by atoms with van der Waals surface area (Å²) in [6.45, 7) is 5.30. The van der Waals surface area contributed by atoms with Crippen LogP contribution in [0.4, 0.5) is 10.5 Å². The summed E-state index contributed by atoms with van der Waals surface area (Å²) in [5.74, 6) is 2.24. The fourth-order valence-electron chi connectivity index (χ4n) is 5.61. The highest BCUT2D eigenvalue weighted by Gasteiger charge is 2.37. The van der Waals surface area contributed by atoms with Gasteiger partial charge in [-0.1, -0.05) is 18.2 Å². The molecule has 3 saturated heterocycles. The Labute approximate surface area is 194 Å². The van der Waals surface area contributed by atoms with Gasteiger partial charge in [-0.3, -0.25) is 4.90 Å². The molecule has 2 atom stereocenters. The molecule has 7 rings (SSSR count). The quantitative estimate of drug-likeness (QED) is 0.769. The Hall–Kier alpha value is -2.93. The first-order valence-electron chi connectivity index (χ1n) is 12.1. The van der Waals surface area contributed by atoms with E-state index in [0.29, 0.717) is 19.1 Å². The number of benzene rings is 2. The highest BCUT2D eigenvalue weighted by molar-refractivity contribution is 5.74. The molecule has 0 spiro atoms. The van der Waals surface area contributed by atoms with E-state index in [1.54, 1.807) is 0 Å². The maximum Gasteiger partial charge on any atom is 0.407 e. The molecule has 0 aliphatic carbocycles. The molecule has 33 heavy (non-hydrogen) atoms. The van der Waals surface area contributed by atoms with E-state index in [-0.39, 0.29) is 18.2 Å². The number of fused-ring (bicyclic) bond motifs is 5. The van der Waals surface area contributed by atoms with E-state index < -0.39 is 0 Å². The van der Waals surface area contributed by atoms with Gasteiger partial charge in [0, 0.05) is 25.6 Å². The lowest BCUT2D eigenvalue weighted by Gasteiger charge is -2.44. The summed E-state index contributed by atoms with van der Waals surface area (Å²) in [6, 6.07) is 12.4. The summed E-state index contributed by atoms with van der Waals surface area (Å²) in [7, 11) is 2.09. The van der Waals surface area contributed by atoms with Crippen molar-refractivity contribution in [1.82, 2.24) is 10.2 Å². The molecule has 5 aliphatic rings. The molecule has 7 nitrogen and oxygen atoms in total. The Morgan fingerprint density at radius 3 is 2.52 bits per heavy atom. The molecular weight excluding hydrogens is 418 g/mol. The Morgan fingerprint density at radius 2 is 1.73 bits per heavy atom. The number of nitrogens with one attached hydrogen (secondary N) is 1. The zero-order chi connectivity index (χ0) is 22.4. The molecular formula is C26H31N3O4. The van der Waals surface area contributed by atoms with Crippen LogP contribution in [0.15, 0.2) is 36.4 Å². The second-order valence-electron chi connectivity index (χ2n) is 9.62. The van der Waals surface area contributed by atoms with Gasteiger partial charge in [0.25, 0.3) is 0 Å². The number of anilines is 1. The highest BCUT2D eigenvalue weighted by atomic mass is 16.6. The Morgan fingerprint density at radius 1 is 0.970 bits per heavy atom. The number of ether oxygens (including phenoxy) is 3. The number of rotatable bonds is 3. The first-order chi connectivity index (χ1) is 16.1. The van der Waals surface area contributed by atoms with E-state index in [4.69, 9.17) is 14.2 Å². The van der Waals surface area contributed by atoms with Crippen molar-refractivity contribution in [2.45, 2.75) is 31.4 Å². The van der Waals surface area contributed by atoms with Crippen molar-refractivity contribution in [3.8, 4) is 22.6 Å². The smallest absolute Gasteiger partial charge is 0.407 e. The molecule has 1 N–H and O–H groups in total. The summed E-state index contributed by atoms with van der Waals surface area (Å²) >= 11 is 0. The van der Waals surface area contributed by atoms with E-state index in [0.717, 1.165) is 79.3 Å². The van der Waals surface area contributed by atoms with Gasteiger partial charge in [0.15, 0.2) is 0 Å². The van der Waals surface area contributed by atoms with Crippen LogP contribution in [-0.2, 0) is 4.74 Å². The van der Waals surface area contributed by atoms with Gasteiger partial charge in [-0.15, -0.1) is 0 Å². The zero-order valence-corrected chi connectivity index (χ0v) is 19.1. The van der Waals surface area contributed by atoms with Crippen LogP contribution in [0.3, 0.4) is 0 Å². The van der Waals surface area contributed by atoms with Gasteiger partial charge >= 0.3 is 6.09 Å². The molecule has 5 aliphatic heterocycles. The third-order valence-electron chi connectivity index (χ3n) is 7.59. The molecule has 1 unspecified atom stereocenters. The van der Waals surface area contributed by atoms with Gasteiger partial charge in [-0.2, -0.15) is 0 Å². The molecule has 0 aromatic heterocycles. The van der Waals surface area contributed by atoms with Crippen LogP contribution in [0.2, 0.25) is 0 Å². The Bertz CT molecular complexity index is 1050. The van der Waals surface area contributed by atoms with Gasteiger partial charge in [-0.25, -0.2) is 4.79 Å². The van der Waals surface area contributed by atoms with Crippen molar-refractivity contribution in [2.24, 2.45) is 5.92 Å². The highest BCUT2D eigenvalue weighted by Crippen LogP contribution is 2.39. The van der Waals surface area contributed by atoms with Crippen LogP contribution in [0, 0.1) is 5.92 Å². The third-order valence-corrected chi connectivity index (χ3v) is 7.59. The van der Waals surface area contributed by atoms with Gasteiger partial charge in [-0.05, 0) is 61.2 Å². The minimum Gasteiger partial charge on any atom is -0.493 e. The van der Waals surface area contributed by atoms with E-state index in [1.807, 2.05) is 0 Å². The lowest BCUT2D eigenvalue weighted by atomic mass is 9.86. The fourth-order valence-corrected chi connectivity index (χ4v) is 5.61. The van der Waals surface area contributed by atoms with Gasteiger partial charge in [0.2, 0.25) is 0 Å². The topological polar surface area (TPSA) is 63.3 Å². The molecule has 2 aromatic rings. The molecule has 0 radical (unpaired) electrons. The second kappa shape index (κ2) is 8.45. The molecule has 7 heteroatoms. The summed E-state index contributed by atoms with van der Waals surface area (Å²) < 4.78 is 17.7. The number of carbonyl (C=O) groups excluding carboxylic acids is 1. The van der Waals surface area contributed by atoms with Gasteiger partial charge in [0.05, 0.1) is 24.9 Å². The van der Waals surface area contributed by atoms with Crippen LogP contribution in [0.1, 0.15) is 30.9 Å². The first kappa shape index (κ1) is 20.7. The SMILES string of the molecule is CN1CCOc2cc(-c3ccc4c(c3)OCCC4NC(=O)O[C@@H]3CN4CCC3CC4)ccc21. The number of alkyl carbamates (subject to hydrolysis) is 1. The molecule has 2 bridgehead atoms. The normalized spacial score (nSPS) is 27.6. The third kappa shape index (κ3) is 3.99. The Balaban J connectivity index is 1.17. The molecule has 5 heterocycles. The molecule has 0 saturated carbocycles. The number of nitrogens with zero attached hydrogens (tertiary/aromatic N) is 2. The predicted molar refractivity (Wildman–Crippen MR) is 126 cm³/mol. The second-order valence-corrected chi connectivity index (χ2v) is 9.62. The maximum atomic E-state index is 12.7. The number of likely N-dealkylation sites (N-methyl/N-ethyl adjacent to an activating group) is 1. The summed E-state index contributed by atoms with van der Waals surface area (Å²) in [5.41, 5.74) is 4.28. The fraction of sp³-hybridized carbons (Fsp3) is 0.500. The van der Waals surface area contributed by atoms with Crippen molar-refractivity contribution in [3.05, 3.63) is 42.0 Å². The van der Waals surface area contributed by atoms with Crippen molar-refractivity contribution in [3.63, 3.8) is 0 Å². The minimum absolute atomic E-state index is 0.0134. The van der Waals surface area contributed by atoms with Gasteiger partial charge in [0.1, 0.15) is 24.2 Å². The summed E-state index contributed by atoms with van der Waals surface area (Å²) in [6.07, 6.45) is 2.70. The lowest BCUT2D eigenvalue weighted by Crippen LogP contribution is -2.52. The average Bonchev–Trinajstić information content (AvgIpc) is 2.84. The largest absolute Gasteiger partial charge is 0.493 e. The molecule has 1 amide bonds. The summed E-state index contributed by atoms with van der Waals surface area (Å²) in [4.78, 5) is 17.3. The number of hydrogen-bond acceptors (Lipinski definition) is 6. The number of carbonyl (C=O) groups is 1. The van der Waals surface area contributed by atoms with Crippen molar-refractivity contribution in [2.75, 3.05) is 51.3 Å². The van der Waals surface area contributed by atoms with Crippen molar-refractivity contribution in [1.29, 1.82) is 0 Å². The molecule has 174 valence electrons. The van der Waals surface area contributed by atoms with E-state index in [9.17, 15) is 4.79 Å². The first-order valence-corrected chi connectivity index (χ1v) is 12.1. The molecule has 3 fully saturated rings. The van der Waals surface area contributed by atoms with Crippen molar-refractivity contribution < 1.29 is 19.0 Å². The summed E-state index contributed by atoms with van der Waals surface area (Å²) in [5, 5.41) is 3.10. The molecule has 2 aromatic carbocycles. The van der Waals surface area contributed by atoms with Crippen LogP contribution < -0.4 is 19.7 Å². The number of amides is 1. The van der Waals surface area contributed by atoms with E-state index in [1.165, 1.54) is 0 Å². The Kier molecular flexibility index (Phi) is 5.29. The van der Waals surface area contributed by atoms with Crippen LogP contribution in [0.5, 0.6) is 11.5 Å². The monoisotopic (exact) mass is 449 g/mol. The van der Waals surface area contributed by atoms with Crippen LogP contribution in [-0.4, -0.2) is 63.5 Å². The number of hydrogen-bond donors (Lipinski definition) is 1. The van der Waals surface area contributed by atoms with Gasteiger partial charge < -0.3 is 24.4 Å². The predicted octanol–water partition coefficient (Wildman–Crippen LogP) is 3.83. The number of piperidine rings is 3. The lowest BCUT2D eigenvalue weighted by molar-refractivity contribution is -0.0342.